The summed E-state index contributed by atoms with van der Waals surface area (Å²) >= 11 is 0. The van der Waals surface area contributed by atoms with Crippen LogP contribution in [-0.2, 0) is 19.7 Å². The molecule has 25 heavy (non-hydrogen) atoms. The molecule has 1 atom stereocenters. The van der Waals surface area contributed by atoms with E-state index in [9.17, 15) is 16.8 Å². The Hall–Kier alpha value is -0.830. The van der Waals surface area contributed by atoms with Gasteiger partial charge in [-0.1, -0.05) is 19.3 Å². The van der Waals surface area contributed by atoms with Crippen LogP contribution in [0.5, 0.6) is 0 Å². The van der Waals surface area contributed by atoms with Crippen LogP contribution in [0.2, 0.25) is 0 Å². The van der Waals surface area contributed by atoms with E-state index in [1.54, 1.807) is 7.05 Å². The normalized spacial score (nSPS) is 31.2. The average Bonchev–Trinajstić information content (AvgIpc) is 2.91. The van der Waals surface area contributed by atoms with Gasteiger partial charge in [-0.05, 0) is 25.2 Å². The van der Waals surface area contributed by atoms with Gasteiger partial charge in [0.15, 0.2) is 25.6 Å². The van der Waals surface area contributed by atoms with E-state index in [0.29, 0.717) is 32.0 Å². The smallest absolute Gasteiger partial charge is 0.193 e. The highest BCUT2D eigenvalue weighted by Gasteiger charge is 2.48. The van der Waals surface area contributed by atoms with Gasteiger partial charge in [-0.15, -0.1) is 0 Å². The van der Waals surface area contributed by atoms with E-state index in [0.717, 1.165) is 32.1 Å². The van der Waals surface area contributed by atoms with Gasteiger partial charge in [0, 0.05) is 26.7 Å². The largest absolute Gasteiger partial charge is 0.356 e. The molecule has 0 amide bonds. The molecule has 3 rings (SSSR count). The quantitative estimate of drug-likeness (QED) is 0.542. The Balaban J connectivity index is 1.65. The van der Waals surface area contributed by atoms with Gasteiger partial charge in [-0.25, -0.2) is 16.8 Å². The van der Waals surface area contributed by atoms with E-state index < -0.39 is 24.4 Å². The van der Waals surface area contributed by atoms with Gasteiger partial charge in [-0.3, -0.25) is 4.99 Å². The van der Waals surface area contributed by atoms with E-state index in [4.69, 9.17) is 0 Å². The maximum atomic E-state index is 12.7. The summed E-state index contributed by atoms with van der Waals surface area (Å²) in [5.74, 6) is 1.48. The van der Waals surface area contributed by atoms with Gasteiger partial charge in [0.25, 0.3) is 0 Å². The molecule has 9 heteroatoms. The fourth-order valence-corrected chi connectivity index (χ4v) is 8.44. The summed E-state index contributed by atoms with van der Waals surface area (Å²) in [4.78, 5) is 6.37. The first kappa shape index (κ1) is 18.9. The molecule has 0 aromatic rings. The molecular formula is C16H29N3O4S2. The lowest BCUT2D eigenvalue weighted by Gasteiger charge is -2.45. The standard InChI is InChI=1S/C16H29N3O4S2/c1-17-15(18-11-14-5-9-24(20,21)12-14)19-8-10-25(22,23)16(13-19)6-3-2-4-7-16/h14H,2-13H2,1H3,(H,17,18). The number of aliphatic imine (C=N–C) groups is 1. The molecule has 3 aliphatic rings. The van der Waals surface area contributed by atoms with Crippen molar-refractivity contribution in [3.05, 3.63) is 0 Å². The van der Waals surface area contributed by atoms with Crippen LogP contribution in [0.25, 0.3) is 0 Å². The number of nitrogens with zero attached hydrogens (tertiary/aromatic N) is 2. The maximum absolute atomic E-state index is 12.7. The summed E-state index contributed by atoms with van der Waals surface area (Å²) in [5.41, 5.74) is 0. The molecule has 2 saturated heterocycles. The summed E-state index contributed by atoms with van der Waals surface area (Å²) in [6, 6.07) is 0. The van der Waals surface area contributed by atoms with Crippen LogP contribution in [0.15, 0.2) is 4.99 Å². The van der Waals surface area contributed by atoms with E-state index in [1.807, 2.05) is 0 Å². The number of hydrogen-bond donors (Lipinski definition) is 1. The fourth-order valence-electron chi connectivity index (χ4n) is 4.42. The second kappa shape index (κ2) is 7.06. The van der Waals surface area contributed by atoms with Crippen molar-refractivity contribution in [1.29, 1.82) is 0 Å². The van der Waals surface area contributed by atoms with Crippen molar-refractivity contribution in [2.75, 3.05) is 43.9 Å². The summed E-state index contributed by atoms with van der Waals surface area (Å²) in [7, 11) is -4.26. The zero-order chi connectivity index (χ0) is 18.1. The van der Waals surface area contributed by atoms with Gasteiger partial charge < -0.3 is 10.2 Å². The molecule has 1 aliphatic carbocycles. The predicted molar refractivity (Wildman–Crippen MR) is 99.3 cm³/mol. The Kier molecular flexibility index (Phi) is 5.35. The second-order valence-corrected chi connectivity index (χ2v) is 12.4. The van der Waals surface area contributed by atoms with Gasteiger partial charge in [0.1, 0.15) is 0 Å². The Morgan fingerprint density at radius 1 is 1.16 bits per heavy atom. The number of rotatable bonds is 2. The Morgan fingerprint density at radius 2 is 1.88 bits per heavy atom. The van der Waals surface area contributed by atoms with Crippen LogP contribution in [0.1, 0.15) is 38.5 Å². The Bertz CT molecular complexity index is 724. The van der Waals surface area contributed by atoms with Crippen LogP contribution in [0.4, 0.5) is 0 Å². The van der Waals surface area contributed by atoms with Crippen molar-refractivity contribution < 1.29 is 16.8 Å². The van der Waals surface area contributed by atoms with Gasteiger partial charge in [-0.2, -0.15) is 0 Å². The predicted octanol–water partition coefficient (Wildman–Crippen LogP) is 0.430. The molecular weight excluding hydrogens is 362 g/mol. The zero-order valence-electron chi connectivity index (χ0n) is 14.9. The zero-order valence-corrected chi connectivity index (χ0v) is 16.5. The topological polar surface area (TPSA) is 95.9 Å². The van der Waals surface area contributed by atoms with Gasteiger partial charge in [0.2, 0.25) is 0 Å². The molecule has 1 unspecified atom stereocenters. The molecule has 1 N–H and O–H groups in total. The van der Waals surface area contributed by atoms with Crippen molar-refractivity contribution in [3.8, 4) is 0 Å². The minimum absolute atomic E-state index is 0.110. The lowest BCUT2D eigenvalue weighted by molar-refractivity contribution is 0.273. The molecule has 0 bridgehead atoms. The van der Waals surface area contributed by atoms with Crippen molar-refractivity contribution in [3.63, 3.8) is 0 Å². The molecule has 0 radical (unpaired) electrons. The first-order valence-corrected chi connectivity index (χ1v) is 12.6. The fraction of sp³-hybridized carbons (Fsp3) is 0.938. The Morgan fingerprint density at radius 3 is 2.48 bits per heavy atom. The van der Waals surface area contributed by atoms with Crippen molar-refractivity contribution in [2.24, 2.45) is 10.9 Å². The molecule has 7 nitrogen and oxygen atoms in total. The minimum Gasteiger partial charge on any atom is -0.356 e. The summed E-state index contributed by atoms with van der Waals surface area (Å²) in [6.45, 7) is 1.52. The number of hydrogen-bond acceptors (Lipinski definition) is 5. The average molecular weight is 392 g/mol. The first-order valence-electron chi connectivity index (χ1n) is 9.15. The lowest BCUT2D eigenvalue weighted by atomic mass is 9.87. The SMILES string of the molecule is CN=C(NCC1CCS(=O)(=O)C1)N1CCS(=O)(=O)C2(CCCCC2)C1. The lowest BCUT2D eigenvalue weighted by Crippen LogP contribution is -2.60. The molecule has 0 aromatic heterocycles. The molecule has 3 fully saturated rings. The third-order valence-corrected chi connectivity index (χ3v) is 10.3. The van der Waals surface area contributed by atoms with Crippen LogP contribution in [-0.4, -0.2) is 76.4 Å². The third-order valence-electron chi connectivity index (χ3n) is 5.92. The second-order valence-electron chi connectivity index (χ2n) is 7.68. The Labute approximate surface area is 151 Å². The highest BCUT2D eigenvalue weighted by atomic mass is 32.2. The van der Waals surface area contributed by atoms with Crippen molar-refractivity contribution in [2.45, 2.75) is 43.3 Å². The van der Waals surface area contributed by atoms with E-state index >= 15 is 0 Å². The van der Waals surface area contributed by atoms with Crippen molar-refractivity contribution in [1.82, 2.24) is 10.2 Å². The van der Waals surface area contributed by atoms with Crippen molar-refractivity contribution >= 4 is 25.6 Å². The van der Waals surface area contributed by atoms with Gasteiger partial charge >= 0.3 is 0 Å². The number of sulfone groups is 2. The molecule has 2 aliphatic heterocycles. The summed E-state index contributed by atoms with van der Waals surface area (Å²) < 4.78 is 48.0. The van der Waals surface area contributed by atoms with Crippen LogP contribution in [0, 0.1) is 5.92 Å². The highest BCUT2D eigenvalue weighted by Crippen LogP contribution is 2.38. The van der Waals surface area contributed by atoms with Crippen LogP contribution >= 0.6 is 0 Å². The highest BCUT2D eigenvalue weighted by molar-refractivity contribution is 7.93. The number of nitrogens with one attached hydrogen (secondary N) is 1. The van der Waals surface area contributed by atoms with E-state index in [1.165, 1.54) is 0 Å². The number of guanidine groups is 1. The molecule has 2 heterocycles. The maximum Gasteiger partial charge on any atom is 0.193 e. The minimum atomic E-state index is -3.07. The molecule has 1 saturated carbocycles. The van der Waals surface area contributed by atoms with E-state index in [-0.39, 0.29) is 23.2 Å². The first-order chi connectivity index (χ1) is 11.8. The van der Waals surface area contributed by atoms with Crippen LogP contribution in [0.3, 0.4) is 0 Å². The summed E-state index contributed by atoms with van der Waals surface area (Å²) in [6.07, 6.45) is 5.22. The molecule has 144 valence electrons. The monoisotopic (exact) mass is 391 g/mol. The van der Waals surface area contributed by atoms with E-state index in [2.05, 4.69) is 15.2 Å². The van der Waals surface area contributed by atoms with Crippen LogP contribution < -0.4 is 5.32 Å². The summed E-state index contributed by atoms with van der Waals surface area (Å²) in [5, 5.41) is 3.28. The van der Waals surface area contributed by atoms with Gasteiger partial charge in [0.05, 0.1) is 22.0 Å². The molecule has 0 aromatic carbocycles. The third kappa shape index (κ3) is 3.97. The molecule has 1 spiro atoms.